The van der Waals surface area contributed by atoms with E-state index in [1.165, 1.54) is 18.2 Å². The van der Waals surface area contributed by atoms with Gasteiger partial charge < -0.3 is 5.32 Å². The van der Waals surface area contributed by atoms with Crippen LogP contribution in [0.3, 0.4) is 0 Å². The van der Waals surface area contributed by atoms with E-state index in [1.54, 1.807) is 6.07 Å². The lowest BCUT2D eigenvalue weighted by atomic mass is 9.92. The maximum absolute atomic E-state index is 13.5. The molecule has 2 atom stereocenters. The maximum Gasteiger partial charge on any atom is 0.142 e. The molecule has 4 heteroatoms. The molecular formula is C20H22ClF2N. The summed E-state index contributed by atoms with van der Waals surface area (Å²) in [6, 6.07) is 11.5. The number of nitrogens with one attached hydrogen (secondary N) is 1. The molecule has 0 saturated carbocycles. The first-order valence-corrected chi connectivity index (χ1v) is 8.43. The van der Waals surface area contributed by atoms with E-state index in [2.05, 4.69) is 11.9 Å². The fourth-order valence-electron chi connectivity index (χ4n) is 2.73. The summed E-state index contributed by atoms with van der Waals surface area (Å²) in [4.78, 5) is 0. The van der Waals surface area contributed by atoms with E-state index in [-0.39, 0.29) is 22.8 Å². The third-order valence-corrected chi connectivity index (χ3v) is 4.49. The highest BCUT2D eigenvalue weighted by molar-refractivity contribution is 6.30. The van der Waals surface area contributed by atoms with Crippen molar-refractivity contribution in [3.63, 3.8) is 0 Å². The van der Waals surface area contributed by atoms with Gasteiger partial charge in [-0.05, 0) is 67.6 Å². The van der Waals surface area contributed by atoms with Gasteiger partial charge in [-0.2, -0.15) is 0 Å². The van der Waals surface area contributed by atoms with E-state index in [9.17, 15) is 8.78 Å². The molecule has 0 radical (unpaired) electrons. The predicted molar refractivity (Wildman–Crippen MR) is 96.4 cm³/mol. The monoisotopic (exact) mass is 349 g/mol. The molecular weight excluding hydrogens is 328 g/mol. The molecule has 0 aliphatic heterocycles. The Kier molecular flexibility index (Phi) is 6.95. The van der Waals surface area contributed by atoms with Crippen LogP contribution < -0.4 is 5.32 Å². The summed E-state index contributed by atoms with van der Waals surface area (Å²) in [5, 5.41) is 3.53. The molecule has 0 heterocycles. The van der Waals surface area contributed by atoms with Crippen LogP contribution in [-0.4, -0.2) is 6.54 Å². The van der Waals surface area contributed by atoms with Crippen molar-refractivity contribution in [2.75, 3.05) is 6.54 Å². The second-order valence-electron chi connectivity index (χ2n) is 5.91. The van der Waals surface area contributed by atoms with Gasteiger partial charge in [-0.1, -0.05) is 35.9 Å². The summed E-state index contributed by atoms with van der Waals surface area (Å²) < 4.78 is 26.6. The predicted octanol–water partition coefficient (Wildman–Crippen LogP) is 6.02. The second kappa shape index (κ2) is 8.95. The summed E-state index contributed by atoms with van der Waals surface area (Å²) in [6.07, 6.45) is 3.60. The number of hydrogen-bond acceptors (Lipinski definition) is 1. The van der Waals surface area contributed by atoms with Crippen LogP contribution in [0, 0.1) is 11.6 Å². The van der Waals surface area contributed by atoms with Crippen molar-refractivity contribution in [2.24, 2.45) is 0 Å². The smallest absolute Gasteiger partial charge is 0.142 e. The highest BCUT2D eigenvalue weighted by atomic mass is 35.5. The molecule has 0 amide bonds. The first kappa shape index (κ1) is 18.6. The van der Waals surface area contributed by atoms with Crippen molar-refractivity contribution in [2.45, 2.75) is 31.7 Å². The number of halogens is 3. The van der Waals surface area contributed by atoms with Crippen LogP contribution in [0.15, 0.2) is 55.1 Å². The van der Waals surface area contributed by atoms with Crippen LogP contribution in [0.1, 0.15) is 42.9 Å². The van der Waals surface area contributed by atoms with Gasteiger partial charge in [0.25, 0.3) is 0 Å². The summed E-state index contributed by atoms with van der Waals surface area (Å²) in [7, 11) is 0. The van der Waals surface area contributed by atoms with Gasteiger partial charge in [-0.15, -0.1) is 6.58 Å². The molecule has 0 bridgehead atoms. The van der Waals surface area contributed by atoms with Gasteiger partial charge in [-0.3, -0.25) is 0 Å². The minimum atomic E-state index is -0.404. The molecule has 1 N–H and O–H groups in total. The fourth-order valence-corrected chi connectivity index (χ4v) is 2.85. The highest BCUT2D eigenvalue weighted by Crippen LogP contribution is 2.25. The van der Waals surface area contributed by atoms with E-state index in [0.717, 1.165) is 30.5 Å². The van der Waals surface area contributed by atoms with E-state index < -0.39 is 5.82 Å². The second-order valence-corrected chi connectivity index (χ2v) is 6.32. The van der Waals surface area contributed by atoms with Crippen LogP contribution in [0.25, 0.3) is 0 Å². The van der Waals surface area contributed by atoms with Crippen LogP contribution in [0.4, 0.5) is 8.78 Å². The van der Waals surface area contributed by atoms with E-state index in [1.807, 2.05) is 31.2 Å². The average Bonchev–Trinajstić information content (AvgIpc) is 2.57. The molecule has 0 spiro atoms. The van der Waals surface area contributed by atoms with Crippen LogP contribution >= 0.6 is 11.6 Å². The largest absolute Gasteiger partial charge is 0.310 e. The summed E-state index contributed by atoms with van der Waals surface area (Å²) in [5.41, 5.74) is 1.96. The van der Waals surface area contributed by atoms with E-state index in [4.69, 9.17) is 11.6 Å². The number of hydrogen-bond donors (Lipinski definition) is 1. The Morgan fingerprint density at radius 1 is 1.12 bits per heavy atom. The topological polar surface area (TPSA) is 12.0 Å². The molecule has 2 aromatic rings. The van der Waals surface area contributed by atoms with Gasteiger partial charge in [0.05, 0.1) is 5.02 Å². The molecule has 2 rings (SSSR count). The lowest BCUT2D eigenvalue weighted by Gasteiger charge is -2.19. The van der Waals surface area contributed by atoms with Crippen molar-refractivity contribution >= 4 is 11.6 Å². The van der Waals surface area contributed by atoms with Gasteiger partial charge >= 0.3 is 0 Å². The Balaban J connectivity index is 1.93. The van der Waals surface area contributed by atoms with Gasteiger partial charge in [-0.25, -0.2) is 8.78 Å². The molecule has 0 aliphatic carbocycles. The number of allylic oxidation sites excluding steroid dienone is 1. The Hall–Kier alpha value is -1.71. The van der Waals surface area contributed by atoms with Gasteiger partial charge in [0.1, 0.15) is 11.6 Å². The van der Waals surface area contributed by atoms with Gasteiger partial charge in [0, 0.05) is 6.04 Å². The molecule has 1 nitrogen and oxygen atoms in total. The van der Waals surface area contributed by atoms with Gasteiger partial charge in [0.2, 0.25) is 0 Å². The first-order valence-electron chi connectivity index (χ1n) is 8.06. The molecule has 0 aromatic heterocycles. The highest BCUT2D eigenvalue weighted by Gasteiger charge is 2.12. The molecule has 2 unspecified atom stereocenters. The Morgan fingerprint density at radius 3 is 2.42 bits per heavy atom. The van der Waals surface area contributed by atoms with Crippen molar-refractivity contribution in [3.05, 3.63) is 82.9 Å². The lowest BCUT2D eigenvalue weighted by molar-refractivity contribution is 0.515. The first-order chi connectivity index (χ1) is 11.5. The zero-order valence-corrected chi connectivity index (χ0v) is 14.5. The standard InChI is InChI=1S/C20H22ClF2N/c1-3-4-15(16-5-8-18(22)9-6-16)11-12-24-14(2)17-7-10-19(21)20(23)13-17/h3,5-10,13-15,24H,1,4,11-12H2,2H3. The molecule has 128 valence electrons. The molecule has 2 aromatic carbocycles. The zero-order valence-electron chi connectivity index (χ0n) is 13.7. The van der Waals surface area contributed by atoms with Crippen molar-refractivity contribution in [3.8, 4) is 0 Å². The Morgan fingerprint density at radius 2 is 1.79 bits per heavy atom. The third kappa shape index (κ3) is 5.15. The summed E-state index contributed by atoms with van der Waals surface area (Å²) >= 11 is 5.71. The van der Waals surface area contributed by atoms with E-state index >= 15 is 0 Å². The number of benzene rings is 2. The van der Waals surface area contributed by atoms with Crippen LogP contribution in [0.2, 0.25) is 5.02 Å². The minimum Gasteiger partial charge on any atom is -0.310 e. The third-order valence-electron chi connectivity index (χ3n) is 4.18. The minimum absolute atomic E-state index is 0.0226. The van der Waals surface area contributed by atoms with Gasteiger partial charge in [0.15, 0.2) is 0 Å². The fraction of sp³-hybridized carbons (Fsp3) is 0.300. The Bertz CT molecular complexity index is 670. The van der Waals surface area contributed by atoms with Crippen LogP contribution in [0.5, 0.6) is 0 Å². The lowest BCUT2D eigenvalue weighted by Crippen LogP contribution is -2.21. The van der Waals surface area contributed by atoms with Crippen molar-refractivity contribution < 1.29 is 8.78 Å². The SMILES string of the molecule is C=CCC(CCNC(C)c1ccc(Cl)c(F)c1)c1ccc(F)cc1. The normalized spacial score (nSPS) is 13.5. The van der Waals surface area contributed by atoms with Crippen LogP contribution in [-0.2, 0) is 0 Å². The molecule has 0 fully saturated rings. The van der Waals surface area contributed by atoms with Crippen molar-refractivity contribution in [1.82, 2.24) is 5.32 Å². The quantitative estimate of drug-likeness (QED) is 0.575. The average molecular weight is 350 g/mol. The molecule has 0 saturated heterocycles. The number of rotatable bonds is 8. The summed E-state index contributed by atoms with van der Waals surface area (Å²) in [6.45, 7) is 6.56. The maximum atomic E-state index is 13.5. The zero-order chi connectivity index (χ0) is 17.5. The summed E-state index contributed by atoms with van der Waals surface area (Å²) in [5.74, 6) is -0.351. The van der Waals surface area contributed by atoms with E-state index in [0.29, 0.717) is 0 Å². The molecule has 24 heavy (non-hydrogen) atoms. The molecule has 0 aliphatic rings. The van der Waals surface area contributed by atoms with Crippen molar-refractivity contribution in [1.29, 1.82) is 0 Å². The Labute approximate surface area is 147 Å².